The lowest BCUT2D eigenvalue weighted by Gasteiger charge is -2.20. The summed E-state index contributed by atoms with van der Waals surface area (Å²) >= 11 is 0. The number of carbonyl (C=O) groups excluding carboxylic acids is 1. The smallest absolute Gasteiger partial charge is 0.316 e. The molecule has 1 saturated carbocycles. The van der Waals surface area contributed by atoms with Crippen molar-refractivity contribution in [1.29, 1.82) is 0 Å². The summed E-state index contributed by atoms with van der Waals surface area (Å²) in [4.78, 5) is 15.0. The predicted molar refractivity (Wildman–Crippen MR) is 78.5 cm³/mol. The Morgan fingerprint density at radius 2 is 2.00 bits per heavy atom. The molecular weight excluding hydrogens is 250 g/mol. The summed E-state index contributed by atoms with van der Waals surface area (Å²) in [6.45, 7) is 5.75. The average Bonchev–Trinajstić information content (AvgIpc) is 2.95. The molecular formula is C17H23NO2. The average molecular weight is 273 g/mol. The van der Waals surface area contributed by atoms with Crippen LogP contribution in [-0.2, 0) is 14.9 Å². The van der Waals surface area contributed by atoms with Gasteiger partial charge in [-0.25, -0.2) is 0 Å². The number of likely N-dealkylation sites (tertiary alicyclic amines) is 1. The van der Waals surface area contributed by atoms with E-state index in [1.165, 1.54) is 25.9 Å². The van der Waals surface area contributed by atoms with Crippen LogP contribution in [0.1, 0.15) is 31.7 Å². The van der Waals surface area contributed by atoms with Crippen molar-refractivity contribution in [1.82, 2.24) is 4.90 Å². The molecule has 1 aromatic carbocycles. The van der Waals surface area contributed by atoms with Gasteiger partial charge in [-0.3, -0.25) is 4.79 Å². The molecule has 0 radical (unpaired) electrons. The third-order valence-corrected chi connectivity index (χ3v) is 4.71. The van der Waals surface area contributed by atoms with Crippen LogP contribution in [0.15, 0.2) is 30.3 Å². The van der Waals surface area contributed by atoms with Crippen LogP contribution in [0.5, 0.6) is 0 Å². The van der Waals surface area contributed by atoms with Gasteiger partial charge in [0.25, 0.3) is 0 Å². The molecule has 3 heteroatoms. The molecule has 0 spiro atoms. The number of ether oxygens (including phenoxy) is 1. The first-order valence-corrected chi connectivity index (χ1v) is 7.72. The van der Waals surface area contributed by atoms with Crippen molar-refractivity contribution in [2.45, 2.75) is 31.6 Å². The van der Waals surface area contributed by atoms with E-state index in [0.29, 0.717) is 12.5 Å². The fraction of sp³-hybridized carbons (Fsp3) is 0.588. The van der Waals surface area contributed by atoms with E-state index in [-0.39, 0.29) is 11.4 Å². The summed E-state index contributed by atoms with van der Waals surface area (Å²) in [5, 5.41) is 0. The van der Waals surface area contributed by atoms with E-state index in [0.717, 1.165) is 18.5 Å². The molecule has 1 aliphatic carbocycles. The van der Waals surface area contributed by atoms with Crippen LogP contribution in [-0.4, -0.2) is 37.1 Å². The van der Waals surface area contributed by atoms with Gasteiger partial charge in [-0.05, 0) is 50.8 Å². The van der Waals surface area contributed by atoms with Crippen LogP contribution in [0.2, 0.25) is 0 Å². The van der Waals surface area contributed by atoms with Crippen molar-refractivity contribution in [2.75, 3.05) is 26.2 Å². The highest BCUT2D eigenvalue weighted by Crippen LogP contribution is 2.55. The second-order valence-corrected chi connectivity index (χ2v) is 5.97. The molecule has 0 aromatic heterocycles. The minimum absolute atomic E-state index is 0.0320. The molecule has 2 aliphatic rings. The molecule has 1 aromatic rings. The van der Waals surface area contributed by atoms with Gasteiger partial charge in [-0.2, -0.15) is 0 Å². The molecule has 20 heavy (non-hydrogen) atoms. The third-order valence-electron chi connectivity index (χ3n) is 4.71. The third kappa shape index (κ3) is 2.35. The number of hydrogen-bond acceptors (Lipinski definition) is 3. The zero-order valence-electron chi connectivity index (χ0n) is 12.2. The summed E-state index contributed by atoms with van der Waals surface area (Å²) in [5.41, 5.74) is 0.752. The van der Waals surface area contributed by atoms with Gasteiger partial charge < -0.3 is 9.64 Å². The van der Waals surface area contributed by atoms with Crippen LogP contribution in [0.3, 0.4) is 0 Å². The molecule has 0 N–H and O–H groups in total. The van der Waals surface area contributed by atoms with Gasteiger partial charge in [-0.15, -0.1) is 0 Å². The first kappa shape index (κ1) is 13.6. The normalized spacial score (nSPS) is 29.4. The van der Waals surface area contributed by atoms with E-state index in [4.69, 9.17) is 4.74 Å². The molecule has 2 unspecified atom stereocenters. The molecule has 1 saturated heterocycles. The first-order chi connectivity index (χ1) is 9.77. The minimum atomic E-state index is -0.375. The van der Waals surface area contributed by atoms with Gasteiger partial charge in [-0.1, -0.05) is 30.3 Å². The molecule has 0 bridgehead atoms. The summed E-state index contributed by atoms with van der Waals surface area (Å²) in [6, 6.07) is 10.2. The second-order valence-electron chi connectivity index (χ2n) is 5.97. The van der Waals surface area contributed by atoms with E-state index in [1.807, 2.05) is 25.1 Å². The second kappa shape index (κ2) is 5.57. The monoisotopic (exact) mass is 273 g/mol. The van der Waals surface area contributed by atoms with Crippen LogP contribution in [0, 0.1) is 5.92 Å². The minimum Gasteiger partial charge on any atom is -0.465 e. The molecule has 108 valence electrons. The Kier molecular flexibility index (Phi) is 3.79. The summed E-state index contributed by atoms with van der Waals surface area (Å²) in [7, 11) is 0. The van der Waals surface area contributed by atoms with E-state index >= 15 is 0 Å². The molecule has 1 aliphatic heterocycles. The van der Waals surface area contributed by atoms with Crippen molar-refractivity contribution in [3.8, 4) is 0 Å². The maximum absolute atomic E-state index is 12.5. The largest absolute Gasteiger partial charge is 0.465 e. The van der Waals surface area contributed by atoms with Crippen LogP contribution >= 0.6 is 0 Å². The Hall–Kier alpha value is -1.35. The zero-order valence-corrected chi connectivity index (χ0v) is 12.2. The fourth-order valence-electron chi connectivity index (χ4n) is 3.54. The van der Waals surface area contributed by atoms with Crippen molar-refractivity contribution in [3.63, 3.8) is 0 Å². The van der Waals surface area contributed by atoms with Crippen LogP contribution in [0.25, 0.3) is 0 Å². The molecule has 0 amide bonds. The maximum Gasteiger partial charge on any atom is 0.316 e. The van der Waals surface area contributed by atoms with Crippen molar-refractivity contribution in [2.24, 2.45) is 5.92 Å². The van der Waals surface area contributed by atoms with Gasteiger partial charge in [0.2, 0.25) is 0 Å². The van der Waals surface area contributed by atoms with Crippen LogP contribution in [0.4, 0.5) is 0 Å². The number of hydrogen-bond donors (Lipinski definition) is 0. The standard InChI is InChI=1S/C17H23NO2/c1-2-20-16(19)17(14-8-4-3-5-9-14)12-15(17)13-18-10-6-7-11-18/h3-5,8-9,15H,2,6-7,10-13H2,1H3. The van der Waals surface area contributed by atoms with Crippen LogP contribution < -0.4 is 0 Å². The topological polar surface area (TPSA) is 29.5 Å². The SMILES string of the molecule is CCOC(=O)C1(c2ccccc2)CC1CN1CCCC1. The number of carbonyl (C=O) groups is 1. The molecule has 1 heterocycles. The quantitative estimate of drug-likeness (QED) is 0.772. The Morgan fingerprint density at radius 3 is 2.65 bits per heavy atom. The van der Waals surface area contributed by atoms with Gasteiger partial charge >= 0.3 is 5.97 Å². The number of nitrogens with zero attached hydrogens (tertiary/aromatic N) is 1. The molecule has 3 nitrogen and oxygen atoms in total. The molecule has 2 fully saturated rings. The summed E-state index contributed by atoms with van der Waals surface area (Å²) in [6.07, 6.45) is 3.53. The highest BCUT2D eigenvalue weighted by Gasteiger charge is 2.62. The van der Waals surface area contributed by atoms with Gasteiger partial charge in [0, 0.05) is 6.54 Å². The van der Waals surface area contributed by atoms with Crippen molar-refractivity contribution < 1.29 is 9.53 Å². The Balaban J connectivity index is 1.78. The fourth-order valence-corrected chi connectivity index (χ4v) is 3.54. The highest BCUT2D eigenvalue weighted by atomic mass is 16.5. The van der Waals surface area contributed by atoms with E-state index in [1.54, 1.807) is 0 Å². The van der Waals surface area contributed by atoms with E-state index in [9.17, 15) is 4.79 Å². The van der Waals surface area contributed by atoms with Crippen molar-refractivity contribution in [3.05, 3.63) is 35.9 Å². The van der Waals surface area contributed by atoms with Gasteiger partial charge in [0.05, 0.1) is 12.0 Å². The first-order valence-electron chi connectivity index (χ1n) is 7.72. The maximum atomic E-state index is 12.5. The zero-order chi connectivity index (χ0) is 14.0. The number of benzene rings is 1. The Bertz CT molecular complexity index is 467. The Morgan fingerprint density at radius 1 is 1.30 bits per heavy atom. The molecule has 3 rings (SSSR count). The summed E-state index contributed by atoms with van der Waals surface area (Å²) < 4.78 is 5.36. The predicted octanol–water partition coefficient (Wildman–Crippen LogP) is 2.60. The highest BCUT2D eigenvalue weighted by molar-refractivity contribution is 5.87. The number of rotatable bonds is 5. The van der Waals surface area contributed by atoms with Gasteiger partial charge in [0.1, 0.15) is 0 Å². The summed E-state index contributed by atoms with van der Waals surface area (Å²) in [5.74, 6) is 0.387. The lowest BCUT2D eigenvalue weighted by Crippen LogP contribution is -2.30. The Labute approximate surface area is 120 Å². The van der Waals surface area contributed by atoms with Gasteiger partial charge in [0.15, 0.2) is 0 Å². The van der Waals surface area contributed by atoms with Crippen molar-refractivity contribution >= 4 is 5.97 Å². The number of esters is 1. The molecule has 2 atom stereocenters. The lowest BCUT2D eigenvalue weighted by atomic mass is 9.93. The van der Waals surface area contributed by atoms with E-state index in [2.05, 4.69) is 17.0 Å². The lowest BCUT2D eigenvalue weighted by molar-refractivity contribution is -0.146. The van der Waals surface area contributed by atoms with E-state index < -0.39 is 0 Å².